The first-order valence-electron chi connectivity index (χ1n) is 11.5. The Kier molecular flexibility index (Phi) is 5.41. The van der Waals surface area contributed by atoms with Crippen molar-refractivity contribution >= 4 is 33.5 Å². The average Bonchev–Trinajstić information content (AvgIpc) is 3.53. The van der Waals surface area contributed by atoms with Crippen LogP contribution in [0, 0.1) is 11.6 Å². The van der Waals surface area contributed by atoms with E-state index in [1.54, 1.807) is 49.6 Å². The molecular weight excluding hydrogens is 476 g/mol. The minimum absolute atomic E-state index is 0.144. The maximum atomic E-state index is 15.1. The second-order valence-electron chi connectivity index (χ2n) is 8.47. The molecule has 0 aliphatic heterocycles. The number of imidazole rings is 1. The lowest BCUT2D eigenvalue weighted by Gasteiger charge is -2.07. The molecule has 8 nitrogen and oxygen atoms in total. The molecule has 0 spiro atoms. The van der Waals surface area contributed by atoms with Gasteiger partial charge in [0.05, 0.1) is 23.1 Å². The summed E-state index contributed by atoms with van der Waals surface area (Å²) >= 11 is 0. The van der Waals surface area contributed by atoms with Crippen molar-refractivity contribution < 1.29 is 13.6 Å². The van der Waals surface area contributed by atoms with Crippen LogP contribution in [0.1, 0.15) is 13.3 Å². The van der Waals surface area contributed by atoms with E-state index < -0.39 is 5.82 Å². The fourth-order valence-corrected chi connectivity index (χ4v) is 4.24. The van der Waals surface area contributed by atoms with E-state index in [9.17, 15) is 9.18 Å². The maximum absolute atomic E-state index is 15.1. The highest BCUT2D eigenvalue weighted by Gasteiger charge is 2.18. The molecule has 6 rings (SSSR count). The van der Waals surface area contributed by atoms with Crippen LogP contribution in [0.3, 0.4) is 0 Å². The zero-order valence-electron chi connectivity index (χ0n) is 19.5. The van der Waals surface area contributed by atoms with Gasteiger partial charge in [0.25, 0.3) is 0 Å². The summed E-state index contributed by atoms with van der Waals surface area (Å²) in [6.45, 7) is 1.76. The van der Waals surface area contributed by atoms with E-state index >= 15 is 4.39 Å². The van der Waals surface area contributed by atoms with Crippen molar-refractivity contribution in [2.45, 2.75) is 13.3 Å². The van der Waals surface area contributed by atoms with Gasteiger partial charge >= 0.3 is 0 Å². The number of carbonyl (C=O) groups is 1. The molecule has 0 unspecified atom stereocenters. The number of benzene rings is 2. The summed E-state index contributed by atoms with van der Waals surface area (Å²) in [5.41, 5.74) is 4.70. The molecule has 0 saturated carbocycles. The number of H-pyrrole nitrogens is 2. The van der Waals surface area contributed by atoms with E-state index in [0.29, 0.717) is 62.4 Å². The lowest BCUT2D eigenvalue weighted by Crippen LogP contribution is -2.09. The van der Waals surface area contributed by atoms with E-state index in [4.69, 9.17) is 4.98 Å². The molecule has 0 fully saturated rings. The highest BCUT2D eigenvalue weighted by atomic mass is 19.1. The molecule has 6 aromatic rings. The first-order valence-corrected chi connectivity index (χ1v) is 11.5. The zero-order valence-corrected chi connectivity index (χ0v) is 19.5. The Morgan fingerprint density at radius 1 is 1.00 bits per heavy atom. The molecule has 182 valence electrons. The van der Waals surface area contributed by atoms with Crippen molar-refractivity contribution in [2.75, 3.05) is 5.32 Å². The van der Waals surface area contributed by atoms with Crippen LogP contribution in [-0.4, -0.2) is 36.0 Å². The zero-order chi connectivity index (χ0) is 25.5. The van der Waals surface area contributed by atoms with Gasteiger partial charge in [-0.25, -0.2) is 13.8 Å². The number of hydrogen-bond donors (Lipinski definition) is 3. The Hall–Kier alpha value is -4.99. The Labute approximate surface area is 208 Å². The Balaban J connectivity index is 1.46. The predicted octanol–water partition coefficient (Wildman–Crippen LogP) is 5.86. The molecule has 0 aliphatic rings. The van der Waals surface area contributed by atoms with Crippen molar-refractivity contribution in [2.24, 2.45) is 0 Å². The molecule has 0 bridgehead atoms. The summed E-state index contributed by atoms with van der Waals surface area (Å²) in [6.07, 6.45) is 5.08. The van der Waals surface area contributed by atoms with E-state index in [1.165, 1.54) is 24.4 Å². The third-order valence-corrected chi connectivity index (χ3v) is 6.02. The Bertz CT molecular complexity index is 1810. The smallest absolute Gasteiger partial charge is 0.224 e. The topological polar surface area (TPSA) is 112 Å². The van der Waals surface area contributed by atoms with Crippen LogP contribution in [0.15, 0.2) is 67.1 Å². The van der Waals surface area contributed by atoms with Crippen molar-refractivity contribution in [3.05, 3.63) is 78.8 Å². The highest BCUT2D eigenvalue weighted by Crippen LogP contribution is 2.34. The van der Waals surface area contributed by atoms with Gasteiger partial charge in [-0.3, -0.25) is 19.9 Å². The first-order chi connectivity index (χ1) is 18.0. The molecule has 10 heteroatoms. The van der Waals surface area contributed by atoms with Crippen LogP contribution >= 0.6 is 0 Å². The minimum atomic E-state index is -0.517. The average molecular weight is 495 g/mol. The standard InChI is InChI=1S/C27H19F2N7O/c1-2-22(37)32-18-9-16(12-30-13-18)15-10-19-24(20(29)11-15)35-36-25(19)27-33-21-6-7-31-23(26(21)34-27)14-4-3-5-17(28)8-14/h3-13H,2H2,1H3,(H,32,37)(H,33,34)(H,35,36). The lowest BCUT2D eigenvalue weighted by atomic mass is 10.0. The fourth-order valence-electron chi connectivity index (χ4n) is 4.24. The lowest BCUT2D eigenvalue weighted by molar-refractivity contribution is -0.115. The van der Waals surface area contributed by atoms with E-state index in [1.807, 2.05) is 0 Å². The fraction of sp³-hybridized carbons (Fsp3) is 0.0741. The van der Waals surface area contributed by atoms with Crippen LogP contribution < -0.4 is 5.32 Å². The summed E-state index contributed by atoms with van der Waals surface area (Å²) in [6, 6.07) is 12.8. The van der Waals surface area contributed by atoms with Gasteiger partial charge in [-0.1, -0.05) is 19.1 Å². The summed E-state index contributed by atoms with van der Waals surface area (Å²) < 4.78 is 29.0. The van der Waals surface area contributed by atoms with Crippen molar-refractivity contribution in [3.63, 3.8) is 0 Å². The van der Waals surface area contributed by atoms with Crippen molar-refractivity contribution in [1.29, 1.82) is 0 Å². The third kappa shape index (κ3) is 4.08. The van der Waals surface area contributed by atoms with Gasteiger partial charge in [0, 0.05) is 35.3 Å². The summed E-state index contributed by atoms with van der Waals surface area (Å²) in [7, 11) is 0. The summed E-state index contributed by atoms with van der Waals surface area (Å²) in [5, 5.41) is 10.3. The van der Waals surface area contributed by atoms with Crippen LogP contribution in [0.5, 0.6) is 0 Å². The van der Waals surface area contributed by atoms with Crippen LogP contribution in [0.4, 0.5) is 14.5 Å². The number of nitrogens with zero attached hydrogens (tertiary/aromatic N) is 4. The number of amides is 1. The van der Waals surface area contributed by atoms with Gasteiger partial charge in [-0.05, 0) is 42.0 Å². The van der Waals surface area contributed by atoms with Crippen LogP contribution in [0.25, 0.3) is 55.8 Å². The van der Waals surface area contributed by atoms with Gasteiger partial charge in [0.2, 0.25) is 5.91 Å². The summed E-state index contributed by atoms with van der Waals surface area (Å²) in [5.74, 6) is -0.602. The number of pyridine rings is 2. The molecule has 3 N–H and O–H groups in total. The Morgan fingerprint density at radius 3 is 2.73 bits per heavy atom. The number of halogens is 2. The van der Waals surface area contributed by atoms with Crippen LogP contribution in [0.2, 0.25) is 0 Å². The van der Waals surface area contributed by atoms with Crippen molar-refractivity contribution in [3.8, 4) is 33.9 Å². The summed E-state index contributed by atoms with van der Waals surface area (Å²) in [4.78, 5) is 28.3. The second-order valence-corrected chi connectivity index (χ2v) is 8.47. The van der Waals surface area contributed by atoms with Gasteiger partial charge in [-0.15, -0.1) is 0 Å². The molecule has 0 atom stereocenters. The molecule has 2 aromatic carbocycles. The van der Waals surface area contributed by atoms with Gasteiger partial charge < -0.3 is 10.3 Å². The number of fused-ring (bicyclic) bond motifs is 2. The third-order valence-electron chi connectivity index (χ3n) is 6.02. The largest absolute Gasteiger partial charge is 0.337 e. The van der Waals surface area contributed by atoms with Crippen molar-refractivity contribution in [1.82, 2.24) is 30.1 Å². The predicted molar refractivity (Wildman–Crippen MR) is 136 cm³/mol. The number of rotatable bonds is 5. The Morgan fingerprint density at radius 2 is 1.89 bits per heavy atom. The monoisotopic (exact) mass is 495 g/mol. The molecule has 4 aromatic heterocycles. The quantitative estimate of drug-likeness (QED) is 0.277. The highest BCUT2D eigenvalue weighted by molar-refractivity contribution is 5.98. The van der Waals surface area contributed by atoms with E-state index in [2.05, 4.69) is 30.5 Å². The molecule has 1 amide bonds. The minimum Gasteiger partial charge on any atom is -0.337 e. The van der Waals surface area contributed by atoms with Gasteiger partial charge in [0.1, 0.15) is 22.5 Å². The van der Waals surface area contributed by atoms with Crippen LogP contribution in [-0.2, 0) is 4.79 Å². The van der Waals surface area contributed by atoms with E-state index in [-0.39, 0.29) is 17.2 Å². The van der Waals surface area contributed by atoms with Gasteiger partial charge in [0.15, 0.2) is 11.6 Å². The SMILES string of the molecule is CCC(=O)Nc1cncc(-c2cc(F)c3n[nH]c(-c4nc5c(-c6cccc(F)c6)nccc5[nH]4)c3c2)c1. The first kappa shape index (κ1) is 22.5. The number of aromatic nitrogens is 6. The molecule has 0 aliphatic carbocycles. The molecule has 37 heavy (non-hydrogen) atoms. The number of anilines is 1. The number of carbonyl (C=O) groups excluding carboxylic acids is 1. The molecule has 4 heterocycles. The maximum Gasteiger partial charge on any atom is 0.224 e. The number of aromatic amines is 2. The number of nitrogens with one attached hydrogen (secondary N) is 3. The second kappa shape index (κ2) is 8.90. The number of hydrogen-bond acceptors (Lipinski definition) is 5. The molecule has 0 saturated heterocycles. The normalized spacial score (nSPS) is 11.3. The van der Waals surface area contributed by atoms with Gasteiger partial charge in [-0.2, -0.15) is 5.10 Å². The molecule has 0 radical (unpaired) electrons. The van der Waals surface area contributed by atoms with E-state index in [0.717, 1.165) is 0 Å². The molecular formula is C27H19F2N7O.